The number of anilines is 1. The van der Waals surface area contributed by atoms with E-state index in [1.807, 2.05) is 0 Å². The molecule has 0 aliphatic carbocycles. The highest BCUT2D eigenvalue weighted by Crippen LogP contribution is 2.25. The Hall–Kier alpha value is -2.52. The van der Waals surface area contributed by atoms with Crippen LogP contribution >= 0.6 is 23.1 Å². The molecule has 1 aromatic carbocycles. The van der Waals surface area contributed by atoms with Crippen LogP contribution in [0, 0.1) is 10.1 Å². The van der Waals surface area contributed by atoms with Crippen molar-refractivity contribution >= 4 is 45.9 Å². The topological polar surface area (TPSA) is 98.0 Å². The molecule has 0 radical (unpaired) electrons. The van der Waals surface area contributed by atoms with E-state index in [4.69, 9.17) is 0 Å². The van der Waals surface area contributed by atoms with Crippen LogP contribution in [0.4, 0.5) is 10.8 Å². The summed E-state index contributed by atoms with van der Waals surface area (Å²) < 4.78 is 0.750. The molecular weight excluding hydrogens is 336 g/mol. The number of hydrogen-bond donors (Lipinski definition) is 1. The van der Waals surface area contributed by atoms with Crippen molar-refractivity contribution in [2.45, 2.75) is 4.34 Å². The molecule has 0 aliphatic heterocycles. The summed E-state index contributed by atoms with van der Waals surface area (Å²) in [4.78, 5) is 21.9. The van der Waals surface area contributed by atoms with Crippen LogP contribution in [0.1, 0.15) is 5.56 Å². The number of thioether (sulfide) groups is 1. The van der Waals surface area contributed by atoms with Gasteiger partial charge in [-0.15, -0.1) is 16.8 Å². The van der Waals surface area contributed by atoms with Gasteiger partial charge in [0.1, 0.15) is 0 Å². The first-order valence-electron chi connectivity index (χ1n) is 6.39. The molecule has 0 fully saturated rings. The van der Waals surface area contributed by atoms with Crippen molar-refractivity contribution < 1.29 is 9.72 Å². The molecule has 0 atom stereocenters. The number of hydrogen-bond acceptors (Lipinski definition) is 7. The zero-order chi connectivity index (χ0) is 16.7. The monoisotopic (exact) mass is 348 g/mol. The normalized spacial score (nSPS) is 10.6. The Morgan fingerprint density at radius 3 is 2.78 bits per heavy atom. The fourth-order valence-corrected chi connectivity index (χ4v) is 2.99. The minimum atomic E-state index is -0.475. The van der Waals surface area contributed by atoms with Crippen LogP contribution in [-0.2, 0) is 4.79 Å². The number of nitrogens with zero attached hydrogens (tertiary/aromatic N) is 3. The van der Waals surface area contributed by atoms with E-state index in [-0.39, 0.29) is 11.6 Å². The van der Waals surface area contributed by atoms with Crippen LogP contribution in [0.25, 0.3) is 6.08 Å². The number of nitro benzene ring substituents is 1. The molecule has 0 saturated carbocycles. The summed E-state index contributed by atoms with van der Waals surface area (Å²) in [5.41, 5.74) is 0.690. The Kier molecular flexibility index (Phi) is 6.01. The highest BCUT2D eigenvalue weighted by Gasteiger charge is 2.06. The van der Waals surface area contributed by atoms with Gasteiger partial charge in [0.2, 0.25) is 11.0 Å². The molecule has 9 heteroatoms. The molecule has 0 bridgehead atoms. The van der Waals surface area contributed by atoms with Gasteiger partial charge in [-0.2, -0.15) is 0 Å². The highest BCUT2D eigenvalue weighted by atomic mass is 32.2. The van der Waals surface area contributed by atoms with Gasteiger partial charge in [0, 0.05) is 24.0 Å². The van der Waals surface area contributed by atoms with Crippen molar-refractivity contribution in [1.82, 2.24) is 10.2 Å². The average molecular weight is 348 g/mol. The Morgan fingerprint density at radius 1 is 1.39 bits per heavy atom. The van der Waals surface area contributed by atoms with Crippen LogP contribution < -0.4 is 5.32 Å². The van der Waals surface area contributed by atoms with E-state index in [0.717, 1.165) is 10.1 Å². The van der Waals surface area contributed by atoms with Gasteiger partial charge in [-0.25, -0.2) is 0 Å². The number of rotatable bonds is 7. The van der Waals surface area contributed by atoms with Crippen molar-refractivity contribution in [1.29, 1.82) is 0 Å². The first kappa shape index (κ1) is 16.8. The second kappa shape index (κ2) is 8.20. The molecular formula is C14H12N4O3S2. The third-order valence-electron chi connectivity index (χ3n) is 2.49. The van der Waals surface area contributed by atoms with E-state index < -0.39 is 4.92 Å². The van der Waals surface area contributed by atoms with Gasteiger partial charge in [-0.05, 0) is 23.8 Å². The molecule has 0 spiro atoms. The maximum atomic E-state index is 11.8. The van der Waals surface area contributed by atoms with Gasteiger partial charge in [-0.3, -0.25) is 20.2 Å². The SMILES string of the molecule is C=CCSc1nnc(NC(=O)/C=C/c2ccc([N+](=O)[O-])cc2)s1. The fourth-order valence-electron chi connectivity index (χ4n) is 1.47. The van der Waals surface area contributed by atoms with Gasteiger partial charge >= 0.3 is 0 Å². The maximum absolute atomic E-state index is 11.8. The van der Waals surface area contributed by atoms with E-state index in [0.29, 0.717) is 10.7 Å². The number of nitro groups is 1. The van der Waals surface area contributed by atoms with Gasteiger partial charge in [0.05, 0.1) is 4.92 Å². The summed E-state index contributed by atoms with van der Waals surface area (Å²) >= 11 is 2.76. The average Bonchev–Trinajstić information content (AvgIpc) is 2.98. The number of carbonyl (C=O) groups is 1. The molecule has 1 amide bonds. The van der Waals surface area contributed by atoms with E-state index >= 15 is 0 Å². The number of nitrogens with one attached hydrogen (secondary N) is 1. The molecule has 2 aromatic rings. The molecule has 0 unspecified atom stereocenters. The molecule has 7 nitrogen and oxygen atoms in total. The van der Waals surface area contributed by atoms with Gasteiger partial charge in [0.25, 0.3) is 5.69 Å². The Bertz CT molecular complexity index is 741. The third-order valence-corrected chi connectivity index (χ3v) is 4.46. The second-order valence-corrected chi connectivity index (χ2v) is 6.39. The quantitative estimate of drug-likeness (QED) is 0.206. The number of non-ortho nitro benzene ring substituents is 1. The Balaban J connectivity index is 1.92. The van der Waals surface area contributed by atoms with Crippen LogP contribution in [0.2, 0.25) is 0 Å². The predicted octanol–water partition coefficient (Wildman–Crippen LogP) is 3.38. The van der Waals surface area contributed by atoms with E-state index in [2.05, 4.69) is 22.1 Å². The summed E-state index contributed by atoms with van der Waals surface area (Å²) in [5, 5.41) is 21.4. The lowest BCUT2D eigenvalue weighted by molar-refractivity contribution is -0.384. The van der Waals surface area contributed by atoms with Gasteiger partial charge in [-0.1, -0.05) is 29.2 Å². The van der Waals surface area contributed by atoms with Gasteiger partial charge in [0.15, 0.2) is 4.34 Å². The van der Waals surface area contributed by atoms with Crippen molar-refractivity contribution in [3.63, 3.8) is 0 Å². The lowest BCUT2D eigenvalue weighted by Crippen LogP contribution is -2.07. The van der Waals surface area contributed by atoms with Crippen molar-refractivity contribution in [3.05, 3.63) is 58.7 Å². The Morgan fingerprint density at radius 2 is 2.13 bits per heavy atom. The summed E-state index contributed by atoms with van der Waals surface area (Å²) in [7, 11) is 0. The van der Waals surface area contributed by atoms with Crippen LogP contribution in [0.15, 0.2) is 47.3 Å². The molecule has 2 rings (SSSR count). The zero-order valence-electron chi connectivity index (χ0n) is 11.8. The minimum Gasteiger partial charge on any atom is -0.297 e. The summed E-state index contributed by atoms with van der Waals surface area (Å²) in [6.45, 7) is 3.62. The second-order valence-electron chi connectivity index (χ2n) is 4.14. The lowest BCUT2D eigenvalue weighted by atomic mass is 10.2. The molecule has 23 heavy (non-hydrogen) atoms. The fraction of sp³-hybridized carbons (Fsp3) is 0.0714. The molecule has 118 valence electrons. The molecule has 1 heterocycles. The summed E-state index contributed by atoms with van der Waals surface area (Å²) in [5.74, 6) is 0.377. The first-order chi connectivity index (χ1) is 11.1. The van der Waals surface area contributed by atoms with E-state index in [9.17, 15) is 14.9 Å². The van der Waals surface area contributed by atoms with Crippen LogP contribution in [0.3, 0.4) is 0 Å². The largest absolute Gasteiger partial charge is 0.297 e. The number of aromatic nitrogens is 2. The molecule has 0 saturated heterocycles. The summed E-state index contributed by atoms with van der Waals surface area (Å²) in [6.07, 6.45) is 4.66. The smallest absolute Gasteiger partial charge is 0.269 e. The maximum Gasteiger partial charge on any atom is 0.269 e. The zero-order valence-corrected chi connectivity index (χ0v) is 13.5. The number of amides is 1. The Labute approximate surface area is 140 Å². The molecule has 1 aromatic heterocycles. The lowest BCUT2D eigenvalue weighted by Gasteiger charge is -1.95. The third kappa shape index (κ3) is 5.31. The van der Waals surface area contributed by atoms with Crippen molar-refractivity contribution in [2.24, 2.45) is 0 Å². The van der Waals surface area contributed by atoms with Crippen molar-refractivity contribution in [2.75, 3.05) is 11.1 Å². The highest BCUT2D eigenvalue weighted by molar-refractivity contribution is 8.01. The first-order valence-corrected chi connectivity index (χ1v) is 8.19. The molecule has 0 aliphatic rings. The summed E-state index contributed by atoms with van der Waals surface area (Å²) in [6, 6.07) is 5.89. The van der Waals surface area contributed by atoms with E-state index in [1.54, 1.807) is 24.3 Å². The van der Waals surface area contributed by atoms with E-state index in [1.165, 1.54) is 41.3 Å². The molecule has 1 N–H and O–H groups in total. The standard InChI is InChI=1S/C14H12N4O3S2/c1-2-9-22-14-17-16-13(23-14)15-12(19)8-5-10-3-6-11(7-4-10)18(20)21/h2-8H,1,9H2,(H,15,16,19)/b8-5+. The predicted molar refractivity (Wildman–Crippen MR) is 91.6 cm³/mol. The van der Waals surface area contributed by atoms with Crippen LogP contribution in [-0.4, -0.2) is 26.8 Å². The minimum absolute atomic E-state index is 0.00464. The van der Waals surface area contributed by atoms with Crippen molar-refractivity contribution in [3.8, 4) is 0 Å². The van der Waals surface area contributed by atoms with Crippen LogP contribution in [0.5, 0.6) is 0 Å². The number of carbonyl (C=O) groups excluding carboxylic acids is 1. The number of benzene rings is 1. The van der Waals surface area contributed by atoms with Gasteiger partial charge < -0.3 is 0 Å².